The van der Waals surface area contributed by atoms with Gasteiger partial charge in [-0.2, -0.15) is 0 Å². The highest BCUT2D eigenvalue weighted by atomic mass is 16.6. The van der Waals surface area contributed by atoms with Crippen molar-refractivity contribution in [2.75, 3.05) is 13.2 Å². The molecular formula is C23H27NO7. The molecule has 1 N–H and O–H groups in total. The molecule has 0 aliphatic rings. The number of carbonyl (C=O) groups excluding carboxylic acids is 2. The number of carbonyl (C=O) groups is 2. The Morgan fingerprint density at radius 2 is 1.52 bits per heavy atom. The quantitative estimate of drug-likeness (QED) is 0.263. The number of hydrogen-bond donors (Lipinski definition) is 1. The number of aliphatic hydroxyl groups is 1. The Morgan fingerprint density at radius 3 is 2.03 bits per heavy atom. The predicted octanol–water partition coefficient (Wildman–Crippen LogP) is 3.93. The molecule has 0 aliphatic carbocycles. The first-order chi connectivity index (χ1) is 14.8. The molecule has 0 aromatic heterocycles. The van der Waals surface area contributed by atoms with E-state index in [1.54, 1.807) is 50.2 Å². The fourth-order valence-electron chi connectivity index (χ4n) is 3.51. The first-order valence-corrected chi connectivity index (χ1v) is 10.1. The third-order valence-electron chi connectivity index (χ3n) is 5.14. The van der Waals surface area contributed by atoms with Gasteiger partial charge in [-0.1, -0.05) is 48.5 Å². The standard InChI is InChI=1S/C23H27NO7/c1-4-30-21(26)23(3,22(27)31-5-2)15-18(20(25)16-11-7-6-8-12-16)17-13-9-10-14-19(17)24(28)29/h6-14,18,20,25H,4-5,15H2,1-3H3. The molecule has 2 unspecified atom stereocenters. The summed E-state index contributed by atoms with van der Waals surface area (Å²) in [5.74, 6) is -2.57. The summed E-state index contributed by atoms with van der Waals surface area (Å²) in [4.78, 5) is 36.7. The van der Waals surface area contributed by atoms with Crippen LogP contribution in [0.4, 0.5) is 5.69 Å². The molecule has 0 radical (unpaired) electrons. The summed E-state index contributed by atoms with van der Waals surface area (Å²) in [6, 6.07) is 14.6. The van der Waals surface area contributed by atoms with E-state index in [0.29, 0.717) is 5.56 Å². The van der Waals surface area contributed by atoms with Crippen LogP contribution in [0, 0.1) is 15.5 Å². The third kappa shape index (κ3) is 5.46. The Bertz CT molecular complexity index is 895. The van der Waals surface area contributed by atoms with E-state index in [2.05, 4.69) is 0 Å². The smallest absolute Gasteiger partial charge is 0.323 e. The minimum atomic E-state index is -1.77. The van der Waals surface area contributed by atoms with Gasteiger partial charge in [0.25, 0.3) is 5.69 Å². The zero-order valence-electron chi connectivity index (χ0n) is 17.8. The van der Waals surface area contributed by atoms with Crippen molar-refractivity contribution in [3.8, 4) is 0 Å². The topological polar surface area (TPSA) is 116 Å². The van der Waals surface area contributed by atoms with Crippen LogP contribution in [0.2, 0.25) is 0 Å². The highest BCUT2D eigenvalue weighted by Gasteiger charge is 2.48. The van der Waals surface area contributed by atoms with E-state index in [9.17, 15) is 24.8 Å². The lowest BCUT2D eigenvalue weighted by atomic mass is 9.74. The number of nitrogens with zero attached hydrogens (tertiary/aromatic N) is 1. The van der Waals surface area contributed by atoms with Crippen LogP contribution in [0.25, 0.3) is 0 Å². The van der Waals surface area contributed by atoms with Crippen molar-refractivity contribution in [3.05, 3.63) is 75.8 Å². The molecule has 8 nitrogen and oxygen atoms in total. The summed E-state index contributed by atoms with van der Waals surface area (Å²) in [5.41, 5.74) is -1.27. The van der Waals surface area contributed by atoms with Crippen LogP contribution in [0.15, 0.2) is 54.6 Å². The van der Waals surface area contributed by atoms with Crippen molar-refractivity contribution in [1.29, 1.82) is 0 Å². The van der Waals surface area contributed by atoms with Crippen LogP contribution >= 0.6 is 0 Å². The number of nitro groups is 1. The maximum Gasteiger partial charge on any atom is 0.323 e. The molecule has 166 valence electrons. The summed E-state index contributed by atoms with van der Waals surface area (Å²) >= 11 is 0. The Kier molecular flexibility index (Phi) is 8.27. The number of hydrogen-bond acceptors (Lipinski definition) is 7. The van der Waals surface area contributed by atoms with Crippen molar-refractivity contribution in [1.82, 2.24) is 0 Å². The molecule has 0 saturated carbocycles. The average molecular weight is 429 g/mol. The largest absolute Gasteiger partial charge is 0.465 e. The molecule has 0 saturated heterocycles. The number of aliphatic hydroxyl groups excluding tert-OH is 1. The van der Waals surface area contributed by atoms with Crippen molar-refractivity contribution >= 4 is 17.6 Å². The van der Waals surface area contributed by atoms with Gasteiger partial charge in [-0.25, -0.2) is 0 Å². The summed E-state index contributed by atoms with van der Waals surface area (Å²) < 4.78 is 10.2. The lowest BCUT2D eigenvalue weighted by Gasteiger charge is -2.32. The molecule has 0 heterocycles. The molecule has 0 fully saturated rings. The lowest BCUT2D eigenvalue weighted by Crippen LogP contribution is -2.41. The highest BCUT2D eigenvalue weighted by Crippen LogP contribution is 2.44. The fraction of sp³-hybridized carbons (Fsp3) is 0.391. The molecule has 31 heavy (non-hydrogen) atoms. The number of para-hydroxylation sites is 1. The molecule has 0 spiro atoms. The number of esters is 2. The SMILES string of the molecule is CCOC(=O)C(C)(CC(c1ccccc1[N+](=O)[O-])C(O)c1ccccc1)C(=O)OCC. The first kappa shape index (κ1) is 24.0. The van der Waals surface area contributed by atoms with E-state index in [1.807, 2.05) is 0 Å². The van der Waals surface area contributed by atoms with Crippen molar-refractivity contribution < 1.29 is 29.1 Å². The Morgan fingerprint density at radius 1 is 1.00 bits per heavy atom. The summed E-state index contributed by atoms with van der Waals surface area (Å²) in [7, 11) is 0. The summed E-state index contributed by atoms with van der Waals surface area (Å²) in [6.07, 6.45) is -1.46. The van der Waals surface area contributed by atoms with E-state index in [-0.39, 0.29) is 30.9 Å². The average Bonchev–Trinajstić information content (AvgIpc) is 2.77. The molecule has 2 aromatic carbocycles. The second-order valence-electron chi connectivity index (χ2n) is 7.26. The Hall–Kier alpha value is -3.26. The normalized spacial score (nSPS) is 13.2. The van der Waals surface area contributed by atoms with Gasteiger partial charge in [0.15, 0.2) is 5.41 Å². The van der Waals surface area contributed by atoms with Crippen LogP contribution in [0.5, 0.6) is 0 Å². The van der Waals surface area contributed by atoms with Gasteiger partial charge in [0.1, 0.15) is 0 Å². The number of nitro benzene ring substituents is 1. The van der Waals surface area contributed by atoms with Crippen LogP contribution in [0.1, 0.15) is 50.3 Å². The van der Waals surface area contributed by atoms with Crippen molar-refractivity contribution in [2.45, 2.75) is 39.2 Å². The maximum atomic E-state index is 12.8. The summed E-state index contributed by atoms with van der Waals surface area (Å²) in [6.45, 7) is 4.70. The van der Waals surface area contributed by atoms with Gasteiger partial charge < -0.3 is 14.6 Å². The van der Waals surface area contributed by atoms with Crippen LogP contribution < -0.4 is 0 Å². The molecule has 2 aromatic rings. The van der Waals surface area contributed by atoms with E-state index >= 15 is 0 Å². The molecule has 8 heteroatoms. The third-order valence-corrected chi connectivity index (χ3v) is 5.14. The Labute approximate surface area is 181 Å². The zero-order valence-corrected chi connectivity index (χ0v) is 17.8. The maximum absolute atomic E-state index is 12.8. The van der Waals surface area contributed by atoms with E-state index in [1.165, 1.54) is 25.1 Å². The molecule has 0 amide bonds. The van der Waals surface area contributed by atoms with Gasteiger partial charge in [0.05, 0.1) is 24.2 Å². The molecule has 2 rings (SSSR count). The predicted molar refractivity (Wildman–Crippen MR) is 113 cm³/mol. The minimum Gasteiger partial charge on any atom is -0.465 e. The number of ether oxygens (including phenoxy) is 2. The molecule has 0 aliphatic heterocycles. The van der Waals surface area contributed by atoms with E-state index in [0.717, 1.165) is 0 Å². The summed E-state index contributed by atoms with van der Waals surface area (Å²) in [5, 5.41) is 22.9. The van der Waals surface area contributed by atoms with Crippen LogP contribution in [-0.2, 0) is 19.1 Å². The molecule has 0 bridgehead atoms. The second kappa shape index (κ2) is 10.7. The van der Waals surface area contributed by atoms with Crippen molar-refractivity contribution in [3.63, 3.8) is 0 Å². The highest BCUT2D eigenvalue weighted by molar-refractivity contribution is 5.99. The number of benzene rings is 2. The fourth-order valence-corrected chi connectivity index (χ4v) is 3.51. The Balaban J connectivity index is 2.62. The van der Waals surface area contributed by atoms with Gasteiger partial charge in [-0.05, 0) is 32.8 Å². The van der Waals surface area contributed by atoms with Crippen molar-refractivity contribution in [2.24, 2.45) is 5.41 Å². The minimum absolute atomic E-state index is 0.0468. The van der Waals surface area contributed by atoms with Gasteiger partial charge in [0, 0.05) is 17.5 Å². The molecule has 2 atom stereocenters. The van der Waals surface area contributed by atoms with E-state index in [4.69, 9.17) is 9.47 Å². The van der Waals surface area contributed by atoms with Gasteiger partial charge in [-0.15, -0.1) is 0 Å². The van der Waals surface area contributed by atoms with E-state index < -0.39 is 34.3 Å². The van der Waals surface area contributed by atoms with Gasteiger partial charge in [0.2, 0.25) is 0 Å². The monoisotopic (exact) mass is 429 g/mol. The molecular weight excluding hydrogens is 402 g/mol. The van der Waals surface area contributed by atoms with Crippen LogP contribution in [0.3, 0.4) is 0 Å². The van der Waals surface area contributed by atoms with Gasteiger partial charge in [-0.3, -0.25) is 19.7 Å². The lowest BCUT2D eigenvalue weighted by molar-refractivity contribution is -0.385. The second-order valence-corrected chi connectivity index (χ2v) is 7.26. The zero-order chi connectivity index (χ0) is 23.0. The first-order valence-electron chi connectivity index (χ1n) is 10.1. The van der Waals surface area contributed by atoms with Gasteiger partial charge >= 0.3 is 11.9 Å². The number of rotatable bonds is 10. The van der Waals surface area contributed by atoms with Crippen LogP contribution in [-0.4, -0.2) is 35.2 Å².